The van der Waals surface area contributed by atoms with Gasteiger partial charge in [0.25, 0.3) is 5.69 Å². The number of pyridine rings is 1. The van der Waals surface area contributed by atoms with Crippen LogP contribution in [-0.2, 0) is 0 Å². The third-order valence-electron chi connectivity index (χ3n) is 4.78. The molecule has 0 N–H and O–H groups in total. The summed E-state index contributed by atoms with van der Waals surface area (Å²) in [6, 6.07) is 11.7. The number of benzene rings is 2. The lowest BCUT2D eigenvalue weighted by Gasteiger charge is -2.37. The van der Waals surface area contributed by atoms with Crippen LogP contribution in [0.4, 0.5) is 21.5 Å². The van der Waals surface area contributed by atoms with E-state index in [1.165, 1.54) is 12.1 Å². The van der Waals surface area contributed by atoms with Crippen molar-refractivity contribution >= 4 is 27.8 Å². The number of aromatic nitrogens is 1. The summed E-state index contributed by atoms with van der Waals surface area (Å²) in [4.78, 5) is 19.4. The van der Waals surface area contributed by atoms with E-state index in [9.17, 15) is 14.5 Å². The fourth-order valence-electron chi connectivity index (χ4n) is 3.45. The molecule has 0 radical (unpaired) electrons. The molecule has 1 fully saturated rings. The summed E-state index contributed by atoms with van der Waals surface area (Å²) in [6.07, 6.45) is 3.20. The molecule has 1 saturated heterocycles. The molecule has 0 bridgehead atoms. The van der Waals surface area contributed by atoms with Crippen molar-refractivity contribution in [2.45, 2.75) is 0 Å². The van der Waals surface area contributed by atoms with Crippen LogP contribution in [0.5, 0.6) is 0 Å². The monoisotopic (exact) mass is 352 g/mol. The number of hydrogen-bond donors (Lipinski definition) is 0. The van der Waals surface area contributed by atoms with Crippen LogP contribution >= 0.6 is 0 Å². The van der Waals surface area contributed by atoms with Gasteiger partial charge < -0.3 is 9.80 Å². The third-order valence-corrected chi connectivity index (χ3v) is 4.78. The summed E-state index contributed by atoms with van der Waals surface area (Å²) in [5.74, 6) is -0.238. The molecule has 1 aliphatic rings. The molecule has 132 valence electrons. The smallest absolute Gasteiger partial charge is 0.278 e. The van der Waals surface area contributed by atoms with Crippen LogP contribution in [0.3, 0.4) is 0 Å². The molecular weight excluding hydrogens is 335 g/mol. The predicted molar refractivity (Wildman–Crippen MR) is 99.2 cm³/mol. The van der Waals surface area contributed by atoms with Crippen LogP contribution in [0.15, 0.2) is 54.9 Å². The molecule has 0 atom stereocenters. The Balaban J connectivity index is 1.59. The molecule has 6 nitrogen and oxygen atoms in total. The minimum Gasteiger partial charge on any atom is -0.368 e. The highest BCUT2D eigenvalue weighted by Crippen LogP contribution is 2.33. The lowest BCUT2D eigenvalue weighted by molar-refractivity contribution is -0.383. The second-order valence-electron chi connectivity index (χ2n) is 6.23. The van der Waals surface area contributed by atoms with E-state index >= 15 is 0 Å². The summed E-state index contributed by atoms with van der Waals surface area (Å²) >= 11 is 0. The molecular formula is C19H17FN4O2. The topological polar surface area (TPSA) is 62.5 Å². The first kappa shape index (κ1) is 16.3. The molecule has 0 spiro atoms. The lowest BCUT2D eigenvalue weighted by Crippen LogP contribution is -2.46. The van der Waals surface area contributed by atoms with Gasteiger partial charge in [0.15, 0.2) is 0 Å². The van der Waals surface area contributed by atoms with Crippen molar-refractivity contribution in [2.75, 3.05) is 36.0 Å². The van der Waals surface area contributed by atoms with Gasteiger partial charge in [-0.25, -0.2) is 4.39 Å². The molecule has 4 rings (SSSR count). The van der Waals surface area contributed by atoms with Crippen molar-refractivity contribution in [3.8, 4) is 0 Å². The number of hydrogen-bond acceptors (Lipinski definition) is 5. The number of non-ortho nitro benzene ring substituents is 1. The standard InChI is InChI=1S/C19H17FN4O2/c20-14-1-3-15(4-2-14)22-9-11-23(12-10-22)18-5-6-19(24(25)26)17-13-21-8-7-16(17)18/h1-8,13H,9-12H2. The number of halogens is 1. The number of nitro benzene ring substituents is 1. The Kier molecular flexibility index (Phi) is 4.12. The maximum Gasteiger partial charge on any atom is 0.278 e. The molecule has 0 unspecified atom stereocenters. The van der Waals surface area contributed by atoms with Gasteiger partial charge in [-0.1, -0.05) is 0 Å². The van der Waals surface area contributed by atoms with Gasteiger partial charge in [0.2, 0.25) is 0 Å². The molecule has 1 aromatic heterocycles. The SMILES string of the molecule is O=[N+]([O-])c1ccc(N2CCN(c3ccc(F)cc3)CC2)c2ccncc12. The first-order valence-electron chi connectivity index (χ1n) is 8.40. The Bertz CT molecular complexity index is 953. The van der Waals surface area contributed by atoms with Crippen molar-refractivity contribution in [1.82, 2.24) is 4.98 Å². The van der Waals surface area contributed by atoms with E-state index in [1.807, 2.05) is 12.1 Å². The van der Waals surface area contributed by atoms with Crippen LogP contribution in [0.2, 0.25) is 0 Å². The minimum atomic E-state index is -0.375. The lowest BCUT2D eigenvalue weighted by atomic mass is 10.1. The Morgan fingerprint density at radius 3 is 2.31 bits per heavy atom. The molecule has 7 heteroatoms. The number of nitrogens with zero attached hydrogens (tertiary/aromatic N) is 4. The van der Waals surface area contributed by atoms with Gasteiger partial charge in [-0.3, -0.25) is 15.1 Å². The Hall–Kier alpha value is -3.22. The van der Waals surface area contributed by atoms with E-state index in [4.69, 9.17) is 0 Å². The summed E-state index contributed by atoms with van der Waals surface area (Å²) in [5, 5.41) is 12.6. The van der Waals surface area contributed by atoms with Crippen LogP contribution < -0.4 is 9.80 Å². The molecule has 0 amide bonds. The molecule has 1 aliphatic heterocycles. The predicted octanol–water partition coefficient (Wildman–Crippen LogP) is 3.61. The number of fused-ring (bicyclic) bond motifs is 1. The first-order chi connectivity index (χ1) is 12.6. The largest absolute Gasteiger partial charge is 0.368 e. The van der Waals surface area contributed by atoms with Gasteiger partial charge in [0.1, 0.15) is 5.82 Å². The average Bonchev–Trinajstić information content (AvgIpc) is 2.68. The normalized spacial score (nSPS) is 14.7. The zero-order valence-electron chi connectivity index (χ0n) is 14.0. The second kappa shape index (κ2) is 6.59. The highest BCUT2D eigenvalue weighted by Gasteiger charge is 2.21. The highest BCUT2D eigenvalue weighted by molar-refractivity contribution is 5.99. The van der Waals surface area contributed by atoms with Gasteiger partial charge in [0.05, 0.1) is 10.3 Å². The van der Waals surface area contributed by atoms with Crippen LogP contribution in [-0.4, -0.2) is 36.1 Å². The van der Waals surface area contributed by atoms with E-state index in [2.05, 4.69) is 14.8 Å². The first-order valence-corrected chi connectivity index (χ1v) is 8.40. The fraction of sp³-hybridized carbons (Fsp3) is 0.211. The highest BCUT2D eigenvalue weighted by atomic mass is 19.1. The van der Waals surface area contributed by atoms with Crippen LogP contribution in [0.1, 0.15) is 0 Å². The molecule has 2 aromatic carbocycles. The van der Waals surface area contributed by atoms with Gasteiger partial charge >= 0.3 is 0 Å². The quantitative estimate of drug-likeness (QED) is 0.532. The zero-order valence-corrected chi connectivity index (χ0v) is 14.0. The van der Waals surface area contributed by atoms with Gasteiger partial charge in [-0.15, -0.1) is 0 Å². The minimum absolute atomic E-state index is 0.0711. The number of nitro groups is 1. The third kappa shape index (κ3) is 2.92. The van der Waals surface area contributed by atoms with Gasteiger partial charge in [-0.05, 0) is 36.4 Å². The van der Waals surface area contributed by atoms with Gasteiger partial charge in [-0.2, -0.15) is 0 Å². The maximum atomic E-state index is 13.1. The summed E-state index contributed by atoms with van der Waals surface area (Å²) < 4.78 is 13.1. The molecule has 3 aromatic rings. The van der Waals surface area contributed by atoms with Crippen molar-refractivity contribution < 1.29 is 9.31 Å². The van der Waals surface area contributed by atoms with Crippen molar-refractivity contribution in [3.63, 3.8) is 0 Å². The van der Waals surface area contributed by atoms with E-state index in [1.54, 1.807) is 30.6 Å². The Labute approximate surface area is 149 Å². The van der Waals surface area contributed by atoms with Crippen LogP contribution in [0, 0.1) is 15.9 Å². The molecule has 2 heterocycles. The number of piperazine rings is 1. The molecule has 0 aliphatic carbocycles. The molecule has 0 saturated carbocycles. The van der Waals surface area contributed by atoms with E-state index in [-0.39, 0.29) is 16.4 Å². The average molecular weight is 352 g/mol. The number of rotatable bonds is 3. The van der Waals surface area contributed by atoms with E-state index < -0.39 is 0 Å². The van der Waals surface area contributed by atoms with Crippen molar-refractivity contribution in [3.05, 3.63) is 70.8 Å². The van der Waals surface area contributed by atoms with E-state index in [0.717, 1.165) is 42.9 Å². The van der Waals surface area contributed by atoms with Crippen molar-refractivity contribution in [2.24, 2.45) is 0 Å². The van der Waals surface area contributed by atoms with Gasteiger partial charge in [0, 0.05) is 61.4 Å². The number of anilines is 2. The maximum absolute atomic E-state index is 13.1. The van der Waals surface area contributed by atoms with E-state index in [0.29, 0.717) is 5.39 Å². The van der Waals surface area contributed by atoms with Crippen molar-refractivity contribution in [1.29, 1.82) is 0 Å². The Morgan fingerprint density at radius 1 is 0.923 bits per heavy atom. The summed E-state index contributed by atoms with van der Waals surface area (Å²) in [5.41, 5.74) is 2.05. The summed E-state index contributed by atoms with van der Waals surface area (Å²) in [7, 11) is 0. The second-order valence-corrected chi connectivity index (χ2v) is 6.23. The zero-order chi connectivity index (χ0) is 18.1. The Morgan fingerprint density at radius 2 is 1.62 bits per heavy atom. The summed E-state index contributed by atoms with van der Waals surface area (Å²) in [6.45, 7) is 3.17. The molecule has 26 heavy (non-hydrogen) atoms. The van der Waals surface area contributed by atoms with Crippen LogP contribution in [0.25, 0.3) is 10.8 Å². The fourth-order valence-corrected chi connectivity index (χ4v) is 3.45.